The van der Waals surface area contributed by atoms with Gasteiger partial charge in [0, 0.05) is 22.9 Å². The number of ether oxygens (including phenoxy) is 2. The van der Waals surface area contributed by atoms with E-state index in [-0.39, 0.29) is 11.5 Å². The maximum atomic E-state index is 11.2. The number of aromatic carboxylic acids is 1. The number of aliphatic hydroxyl groups excluding tert-OH is 1. The van der Waals surface area contributed by atoms with E-state index in [0.717, 1.165) is 22.2 Å². The highest BCUT2D eigenvalue weighted by Gasteiger charge is 2.30. The molecule has 6 nitrogen and oxygen atoms in total. The Morgan fingerprint density at radius 2 is 1.91 bits per heavy atom. The molecule has 33 heavy (non-hydrogen) atoms. The van der Waals surface area contributed by atoms with Crippen molar-refractivity contribution >= 4 is 16.9 Å². The van der Waals surface area contributed by atoms with E-state index in [1.807, 2.05) is 54.6 Å². The molecule has 166 valence electrons. The number of hydrogen-bond donors (Lipinski definition) is 2. The maximum absolute atomic E-state index is 11.2. The van der Waals surface area contributed by atoms with Gasteiger partial charge in [-0.15, -0.1) is 0 Å². The number of pyridine rings is 1. The standard InChI is InChI=1S/C27H23NO5/c29-26-20(13-17-4-3-6-19(12-17)27(30)31)15-33-25-14-22(10-11-23(25)26)32-16-21-9-8-18-5-1-2-7-24(18)28-21/h1-12,14,20,26,29H,13,15-16H2,(H,30,31)/t20-,26-/m0/s1. The first-order chi connectivity index (χ1) is 16.1. The number of carboxylic acids is 1. The molecular formula is C27H23NO5. The van der Waals surface area contributed by atoms with Gasteiger partial charge in [-0.3, -0.25) is 0 Å². The van der Waals surface area contributed by atoms with E-state index in [0.29, 0.717) is 36.7 Å². The van der Waals surface area contributed by atoms with Crippen LogP contribution in [0.4, 0.5) is 0 Å². The van der Waals surface area contributed by atoms with Gasteiger partial charge in [0.2, 0.25) is 0 Å². The van der Waals surface area contributed by atoms with Crippen LogP contribution in [0.3, 0.4) is 0 Å². The van der Waals surface area contributed by atoms with Crippen molar-refractivity contribution in [2.75, 3.05) is 6.61 Å². The average molecular weight is 441 g/mol. The van der Waals surface area contributed by atoms with E-state index in [2.05, 4.69) is 4.98 Å². The number of para-hydroxylation sites is 1. The summed E-state index contributed by atoms with van der Waals surface area (Å²) in [6.07, 6.45) is -0.188. The fourth-order valence-electron chi connectivity index (χ4n) is 4.17. The molecule has 4 aromatic rings. The largest absolute Gasteiger partial charge is 0.493 e. The summed E-state index contributed by atoms with van der Waals surface area (Å²) in [5.74, 6) is 0.106. The molecule has 1 aromatic heterocycles. The zero-order valence-corrected chi connectivity index (χ0v) is 17.8. The molecule has 0 fully saturated rings. The lowest BCUT2D eigenvalue weighted by molar-refractivity contribution is 0.0505. The second kappa shape index (κ2) is 8.92. The molecule has 2 N–H and O–H groups in total. The van der Waals surface area contributed by atoms with Gasteiger partial charge in [0.05, 0.1) is 29.5 Å². The summed E-state index contributed by atoms with van der Waals surface area (Å²) >= 11 is 0. The lowest BCUT2D eigenvalue weighted by Gasteiger charge is -2.30. The Hall–Kier alpha value is -3.90. The van der Waals surface area contributed by atoms with Crippen molar-refractivity contribution in [3.8, 4) is 11.5 Å². The van der Waals surface area contributed by atoms with Crippen molar-refractivity contribution in [2.45, 2.75) is 19.1 Å². The lowest BCUT2D eigenvalue weighted by atomic mass is 9.88. The topological polar surface area (TPSA) is 88.9 Å². The third-order valence-corrected chi connectivity index (χ3v) is 5.92. The smallest absolute Gasteiger partial charge is 0.335 e. The normalized spacial score (nSPS) is 17.2. The second-order valence-corrected chi connectivity index (χ2v) is 8.21. The first kappa shape index (κ1) is 21.0. The summed E-state index contributed by atoms with van der Waals surface area (Å²) < 4.78 is 11.9. The molecule has 1 aliphatic heterocycles. The van der Waals surface area contributed by atoms with Gasteiger partial charge in [-0.25, -0.2) is 9.78 Å². The summed E-state index contributed by atoms with van der Waals surface area (Å²) in [6, 6.07) is 24.1. The van der Waals surface area contributed by atoms with Crippen LogP contribution >= 0.6 is 0 Å². The Morgan fingerprint density at radius 3 is 2.79 bits per heavy atom. The van der Waals surface area contributed by atoms with Gasteiger partial charge < -0.3 is 19.7 Å². The molecule has 1 aliphatic rings. The summed E-state index contributed by atoms with van der Waals surface area (Å²) in [4.78, 5) is 15.8. The summed E-state index contributed by atoms with van der Waals surface area (Å²) in [5, 5.41) is 21.2. The molecule has 0 spiro atoms. The van der Waals surface area contributed by atoms with Crippen LogP contribution in [-0.2, 0) is 13.0 Å². The highest BCUT2D eigenvalue weighted by atomic mass is 16.5. The monoisotopic (exact) mass is 441 g/mol. The van der Waals surface area contributed by atoms with E-state index in [9.17, 15) is 15.0 Å². The maximum Gasteiger partial charge on any atom is 0.335 e. The number of fused-ring (bicyclic) bond motifs is 2. The number of aliphatic hydroxyl groups is 1. The van der Waals surface area contributed by atoms with Gasteiger partial charge in [0.15, 0.2) is 0 Å². The van der Waals surface area contributed by atoms with Crippen LogP contribution < -0.4 is 9.47 Å². The molecule has 0 radical (unpaired) electrons. The second-order valence-electron chi connectivity index (χ2n) is 8.21. The molecule has 2 atom stereocenters. The first-order valence-corrected chi connectivity index (χ1v) is 10.8. The van der Waals surface area contributed by atoms with Gasteiger partial charge in [0.25, 0.3) is 0 Å². The molecule has 2 heterocycles. The molecule has 0 amide bonds. The van der Waals surface area contributed by atoms with Crippen LogP contribution in [0.2, 0.25) is 0 Å². The third-order valence-electron chi connectivity index (χ3n) is 5.92. The third kappa shape index (κ3) is 4.52. The van der Waals surface area contributed by atoms with Crippen molar-refractivity contribution < 1.29 is 24.5 Å². The first-order valence-electron chi connectivity index (χ1n) is 10.8. The minimum absolute atomic E-state index is 0.171. The minimum atomic E-state index is -0.964. The van der Waals surface area contributed by atoms with Crippen LogP contribution in [-0.4, -0.2) is 27.8 Å². The number of benzene rings is 3. The van der Waals surface area contributed by atoms with E-state index >= 15 is 0 Å². The van der Waals surface area contributed by atoms with Gasteiger partial charge in [-0.2, -0.15) is 0 Å². The quantitative estimate of drug-likeness (QED) is 0.447. The summed E-state index contributed by atoms with van der Waals surface area (Å²) in [7, 11) is 0. The SMILES string of the molecule is O=C(O)c1cccc(C[C@H]2COc3cc(OCc4ccc5ccccc5n4)ccc3[C@H]2O)c1. The number of carboxylic acid groups (broad SMARTS) is 1. The fourth-order valence-corrected chi connectivity index (χ4v) is 4.17. The predicted molar refractivity (Wildman–Crippen MR) is 124 cm³/mol. The molecular weight excluding hydrogens is 418 g/mol. The molecule has 5 rings (SSSR count). The zero-order chi connectivity index (χ0) is 22.8. The van der Waals surface area contributed by atoms with Gasteiger partial charge >= 0.3 is 5.97 Å². The molecule has 6 heteroatoms. The van der Waals surface area contributed by atoms with Crippen LogP contribution in [0.5, 0.6) is 11.5 Å². The van der Waals surface area contributed by atoms with Crippen molar-refractivity contribution in [1.29, 1.82) is 0 Å². The Labute approximate surface area is 191 Å². The highest BCUT2D eigenvalue weighted by Crippen LogP contribution is 2.39. The van der Waals surface area contributed by atoms with Crippen molar-refractivity contribution in [3.05, 3.63) is 101 Å². The molecule has 0 aliphatic carbocycles. The van der Waals surface area contributed by atoms with Crippen molar-refractivity contribution in [2.24, 2.45) is 5.92 Å². The Kier molecular flexibility index (Phi) is 5.67. The lowest BCUT2D eigenvalue weighted by Crippen LogP contribution is -2.27. The van der Waals surface area contributed by atoms with Crippen LogP contribution in [0.25, 0.3) is 10.9 Å². The van der Waals surface area contributed by atoms with Gasteiger partial charge in [-0.05, 0) is 48.4 Å². The zero-order valence-electron chi connectivity index (χ0n) is 17.8. The van der Waals surface area contributed by atoms with Crippen LogP contribution in [0.15, 0.2) is 78.9 Å². The molecule has 0 unspecified atom stereocenters. The Bertz CT molecular complexity index is 1320. The van der Waals surface area contributed by atoms with Crippen LogP contribution in [0.1, 0.15) is 33.3 Å². The Balaban J connectivity index is 1.26. The average Bonchev–Trinajstić information content (AvgIpc) is 2.84. The minimum Gasteiger partial charge on any atom is -0.493 e. The summed E-state index contributed by atoms with van der Waals surface area (Å²) in [5.41, 5.74) is 3.55. The highest BCUT2D eigenvalue weighted by molar-refractivity contribution is 5.87. The molecule has 0 saturated heterocycles. The van der Waals surface area contributed by atoms with Gasteiger partial charge in [0.1, 0.15) is 18.1 Å². The van der Waals surface area contributed by atoms with Crippen molar-refractivity contribution in [3.63, 3.8) is 0 Å². The summed E-state index contributed by atoms with van der Waals surface area (Å²) in [6.45, 7) is 0.663. The number of nitrogens with zero attached hydrogens (tertiary/aromatic N) is 1. The van der Waals surface area contributed by atoms with Gasteiger partial charge in [-0.1, -0.05) is 36.4 Å². The number of aromatic nitrogens is 1. The predicted octanol–water partition coefficient (Wildman–Crippen LogP) is 4.80. The van der Waals surface area contributed by atoms with E-state index in [1.165, 1.54) is 0 Å². The Morgan fingerprint density at radius 1 is 1.03 bits per heavy atom. The number of hydrogen-bond acceptors (Lipinski definition) is 5. The molecule has 0 bridgehead atoms. The van der Waals surface area contributed by atoms with E-state index < -0.39 is 12.1 Å². The number of carbonyl (C=O) groups is 1. The molecule has 0 saturated carbocycles. The molecule has 3 aromatic carbocycles. The number of rotatable bonds is 6. The van der Waals surface area contributed by atoms with Crippen LogP contribution in [0, 0.1) is 5.92 Å². The van der Waals surface area contributed by atoms with E-state index in [1.54, 1.807) is 24.3 Å². The van der Waals surface area contributed by atoms with E-state index in [4.69, 9.17) is 9.47 Å². The van der Waals surface area contributed by atoms with Crippen molar-refractivity contribution in [1.82, 2.24) is 4.98 Å². The fraction of sp³-hybridized carbons (Fsp3) is 0.185.